The predicted molar refractivity (Wildman–Crippen MR) is 141 cm³/mol. The van der Waals surface area contributed by atoms with Crippen LogP contribution in [0.1, 0.15) is 25.0 Å². The molecule has 0 fully saturated rings. The van der Waals surface area contributed by atoms with Crippen LogP contribution in [0, 0.1) is 0 Å². The Morgan fingerprint density at radius 1 is 0.529 bits per heavy atom. The van der Waals surface area contributed by atoms with E-state index in [1.54, 1.807) is 0 Å². The summed E-state index contributed by atoms with van der Waals surface area (Å²) in [5.41, 5.74) is 11.3. The monoisotopic (exact) mass is 458 g/mol. The molecular weight excluding hydrogens is 436 g/mol. The van der Waals surface area contributed by atoms with Gasteiger partial charge in [-0.05, 0) is 57.1 Å². The minimum atomic E-state index is -0.0607. The fraction of sp³-hybridized carbons (Fsp3) is 0.0968. The van der Waals surface area contributed by atoms with Crippen LogP contribution in [0.25, 0.3) is 44.8 Å². The van der Waals surface area contributed by atoms with Crippen molar-refractivity contribution in [3.8, 4) is 44.8 Å². The molecule has 5 aromatic rings. The quantitative estimate of drug-likeness (QED) is 0.253. The molecule has 0 spiro atoms. The van der Waals surface area contributed by atoms with E-state index in [0.717, 1.165) is 22.5 Å². The molecule has 0 radical (unpaired) electrons. The third kappa shape index (κ3) is 3.43. The molecule has 0 saturated heterocycles. The van der Waals surface area contributed by atoms with Crippen molar-refractivity contribution in [1.82, 2.24) is 9.97 Å². The molecule has 0 aliphatic heterocycles. The smallest absolute Gasteiger partial charge is 0.218 e. The Hall–Kier alpha value is -3.75. The highest BCUT2D eigenvalue weighted by atomic mass is 35.5. The molecule has 1 aromatic heterocycles. The zero-order valence-electron chi connectivity index (χ0n) is 19.1. The van der Waals surface area contributed by atoms with Crippen LogP contribution in [-0.2, 0) is 5.41 Å². The molecule has 164 valence electrons. The SMILES string of the molecule is CC1(C)c2ccccc2-c2ccc(-c3cc(-c4ccc(-c5ccccc5)cc4)nc(Cl)n3)cc21. The summed E-state index contributed by atoms with van der Waals surface area (Å²) in [5, 5.41) is 0.252. The molecule has 1 aliphatic carbocycles. The standard InChI is InChI=1S/C31H23ClN2/c1-31(2)26-11-7-6-10-24(26)25-17-16-23(18-27(25)31)29-19-28(33-30(32)34-29)22-14-12-21(13-15-22)20-8-4-3-5-9-20/h3-19H,1-2H3. The highest BCUT2D eigenvalue weighted by Crippen LogP contribution is 2.49. The fourth-order valence-corrected chi connectivity index (χ4v) is 5.22. The number of hydrogen-bond acceptors (Lipinski definition) is 2. The summed E-state index contributed by atoms with van der Waals surface area (Å²) in [6.07, 6.45) is 0. The van der Waals surface area contributed by atoms with E-state index in [4.69, 9.17) is 11.6 Å². The van der Waals surface area contributed by atoms with Gasteiger partial charge in [0, 0.05) is 16.5 Å². The zero-order valence-corrected chi connectivity index (χ0v) is 19.8. The van der Waals surface area contributed by atoms with Crippen LogP contribution in [0.4, 0.5) is 0 Å². The Morgan fingerprint density at radius 3 is 1.85 bits per heavy atom. The largest absolute Gasteiger partial charge is 0.223 e. The van der Waals surface area contributed by atoms with Crippen LogP contribution in [0.5, 0.6) is 0 Å². The first-order valence-electron chi connectivity index (χ1n) is 11.5. The predicted octanol–water partition coefficient (Wildman–Crippen LogP) is 8.44. The Morgan fingerprint density at radius 2 is 1.09 bits per heavy atom. The second-order valence-electron chi connectivity index (χ2n) is 9.28. The molecule has 0 N–H and O–H groups in total. The molecule has 0 unspecified atom stereocenters. The van der Waals surface area contributed by atoms with Crippen LogP contribution < -0.4 is 0 Å². The van der Waals surface area contributed by atoms with E-state index < -0.39 is 0 Å². The first-order valence-corrected chi connectivity index (χ1v) is 11.8. The number of aromatic nitrogens is 2. The van der Waals surface area contributed by atoms with Gasteiger partial charge in [0.1, 0.15) is 0 Å². The first-order chi connectivity index (χ1) is 16.5. The van der Waals surface area contributed by atoms with E-state index in [9.17, 15) is 0 Å². The van der Waals surface area contributed by atoms with E-state index in [1.807, 2.05) is 12.1 Å². The van der Waals surface area contributed by atoms with Crippen molar-refractivity contribution >= 4 is 11.6 Å². The lowest BCUT2D eigenvalue weighted by Crippen LogP contribution is -2.14. The normalized spacial score (nSPS) is 13.4. The van der Waals surface area contributed by atoms with E-state index in [1.165, 1.54) is 33.4 Å². The molecule has 0 bridgehead atoms. The van der Waals surface area contributed by atoms with Crippen molar-refractivity contribution in [2.24, 2.45) is 0 Å². The minimum absolute atomic E-state index is 0.0607. The highest BCUT2D eigenvalue weighted by molar-refractivity contribution is 6.28. The van der Waals surface area contributed by atoms with Crippen LogP contribution in [0.3, 0.4) is 0 Å². The molecule has 6 rings (SSSR count). The minimum Gasteiger partial charge on any atom is -0.218 e. The van der Waals surface area contributed by atoms with Crippen LogP contribution in [0.2, 0.25) is 5.28 Å². The fourth-order valence-electron chi connectivity index (χ4n) is 5.04. The summed E-state index contributed by atoms with van der Waals surface area (Å²) in [7, 11) is 0. The molecule has 0 atom stereocenters. The molecule has 2 nitrogen and oxygen atoms in total. The Balaban J connectivity index is 1.39. The summed E-state index contributed by atoms with van der Waals surface area (Å²) in [5.74, 6) is 0. The number of fused-ring (bicyclic) bond motifs is 3. The van der Waals surface area contributed by atoms with Crippen molar-refractivity contribution in [3.63, 3.8) is 0 Å². The number of rotatable bonds is 3. The van der Waals surface area contributed by atoms with Gasteiger partial charge in [0.2, 0.25) is 5.28 Å². The van der Waals surface area contributed by atoms with Crippen molar-refractivity contribution in [2.45, 2.75) is 19.3 Å². The maximum absolute atomic E-state index is 6.40. The van der Waals surface area contributed by atoms with Crippen LogP contribution >= 0.6 is 11.6 Å². The molecule has 1 heterocycles. The first kappa shape index (κ1) is 20.8. The number of halogens is 1. The van der Waals surface area contributed by atoms with Gasteiger partial charge in [-0.3, -0.25) is 0 Å². The molecule has 0 amide bonds. The lowest BCUT2D eigenvalue weighted by Gasteiger charge is -2.21. The summed E-state index contributed by atoms with van der Waals surface area (Å²) in [6.45, 7) is 4.57. The van der Waals surface area contributed by atoms with Crippen molar-refractivity contribution in [1.29, 1.82) is 0 Å². The van der Waals surface area contributed by atoms with Gasteiger partial charge in [0.15, 0.2) is 0 Å². The average molecular weight is 459 g/mol. The van der Waals surface area contributed by atoms with Gasteiger partial charge in [-0.2, -0.15) is 0 Å². The summed E-state index contributed by atoms with van der Waals surface area (Å²) in [4.78, 5) is 9.09. The summed E-state index contributed by atoms with van der Waals surface area (Å²) >= 11 is 6.40. The third-order valence-corrected chi connectivity index (χ3v) is 7.03. The Kier molecular flexibility index (Phi) is 4.86. The lowest BCUT2D eigenvalue weighted by molar-refractivity contribution is 0.660. The molecular formula is C31H23ClN2. The third-order valence-electron chi connectivity index (χ3n) is 6.87. The van der Waals surface area contributed by atoms with Gasteiger partial charge < -0.3 is 0 Å². The van der Waals surface area contributed by atoms with Crippen molar-refractivity contribution < 1.29 is 0 Å². The number of benzene rings is 4. The van der Waals surface area contributed by atoms with Crippen molar-refractivity contribution in [3.05, 3.63) is 120 Å². The highest BCUT2D eigenvalue weighted by Gasteiger charge is 2.35. The molecule has 1 aliphatic rings. The Labute approximate surface area is 204 Å². The van der Waals surface area contributed by atoms with Gasteiger partial charge in [-0.25, -0.2) is 9.97 Å². The van der Waals surface area contributed by atoms with Crippen LogP contribution in [-0.4, -0.2) is 9.97 Å². The topological polar surface area (TPSA) is 25.8 Å². The number of nitrogens with zero attached hydrogens (tertiary/aromatic N) is 2. The van der Waals surface area contributed by atoms with E-state index >= 15 is 0 Å². The second kappa shape index (κ2) is 7.93. The van der Waals surface area contributed by atoms with E-state index in [-0.39, 0.29) is 10.7 Å². The summed E-state index contributed by atoms with van der Waals surface area (Å²) in [6, 6.07) is 36.1. The molecule has 0 saturated carbocycles. The summed E-state index contributed by atoms with van der Waals surface area (Å²) < 4.78 is 0. The van der Waals surface area contributed by atoms with Crippen LogP contribution in [0.15, 0.2) is 103 Å². The van der Waals surface area contributed by atoms with Gasteiger partial charge in [0.05, 0.1) is 11.4 Å². The van der Waals surface area contributed by atoms with Gasteiger partial charge in [-0.15, -0.1) is 0 Å². The molecule has 3 heteroatoms. The number of hydrogen-bond donors (Lipinski definition) is 0. The van der Waals surface area contributed by atoms with Gasteiger partial charge in [0.25, 0.3) is 0 Å². The van der Waals surface area contributed by atoms with Gasteiger partial charge in [-0.1, -0.05) is 105 Å². The maximum Gasteiger partial charge on any atom is 0.223 e. The lowest BCUT2D eigenvalue weighted by atomic mass is 9.82. The Bertz CT molecular complexity index is 1520. The van der Waals surface area contributed by atoms with E-state index in [2.05, 4.69) is 115 Å². The molecule has 34 heavy (non-hydrogen) atoms. The average Bonchev–Trinajstić information content (AvgIpc) is 3.11. The van der Waals surface area contributed by atoms with Crippen molar-refractivity contribution in [2.75, 3.05) is 0 Å². The zero-order chi connectivity index (χ0) is 23.3. The maximum atomic E-state index is 6.40. The molecule has 4 aromatic carbocycles. The van der Waals surface area contributed by atoms with Gasteiger partial charge >= 0.3 is 0 Å². The van der Waals surface area contributed by atoms with E-state index in [0.29, 0.717) is 0 Å². The second-order valence-corrected chi connectivity index (χ2v) is 9.62.